The predicted molar refractivity (Wildman–Crippen MR) is 106 cm³/mol. The van der Waals surface area contributed by atoms with Crippen LogP contribution in [0, 0.1) is 5.41 Å². The van der Waals surface area contributed by atoms with Crippen LogP contribution in [0.25, 0.3) is 0 Å². The number of hydrogen-bond acceptors (Lipinski definition) is 5. The number of allylic oxidation sites excluding steroid dienone is 4. The van der Waals surface area contributed by atoms with Gasteiger partial charge in [-0.15, -0.1) is 0 Å². The Morgan fingerprint density at radius 1 is 1.19 bits per heavy atom. The number of rotatable bonds is 9. The Kier molecular flexibility index (Phi) is 7.44. The standard InChI is InChI=1S/C20H28N4O3/c1-24(2,14-20(26-3)27-4)12-11-15-9-10-19(25)18(13-15)23-22-17-8-6-5-7-16(17)21/h5-10,13,20H,11-12,14H2,1-4H3,(H2-,21,22,23,25)/p+2. The van der Waals surface area contributed by atoms with E-state index in [-0.39, 0.29) is 12.0 Å². The molecule has 0 unspecified atom stereocenters. The van der Waals surface area contributed by atoms with E-state index in [4.69, 9.17) is 14.9 Å². The molecule has 1 aliphatic carbocycles. The highest BCUT2D eigenvalue weighted by Gasteiger charge is 2.22. The minimum Gasteiger partial charge on any atom is -0.503 e. The van der Waals surface area contributed by atoms with Crippen molar-refractivity contribution in [2.45, 2.75) is 12.7 Å². The van der Waals surface area contributed by atoms with Crippen LogP contribution in [0.3, 0.4) is 0 Å². The van der Waals surface area contributed by atoms with Crippen molar-refractivity contribution in [1.29, 1.82) is 5.41 Å². The van der Waals surface area contributed by atoms with Crippen LogP contribution >= 0.6 is 0 Å². The highest BCUT2D eigenvalue weighted by atomic mass is 16.7. The molecule has 0 fully saturated rings. The second-order valence-corrected chi connectivity index (χ2v) is 7.16. The van der Waals surface area contributed by atoms with Crippen molar-refractivity contribution in [2.75, 3.05) is 41.4 Å². The van der Waals surface area contributed by atoms with E-state index in [1.54, 1.807) is 43.9 Å². The molecule has 1 aliphatic rings. The molecule has 4 N–H and O–H groups in total. The SMILES string of the molecule is COC(C[N+](C)(C)CCc1ccc(O)c([NH2+]/N=C2/C=CC=CC2=N)c1)OC. The molecule has 0 radical (unpaired) electrons. The van der Waals surface area contributed by atoms with Gasteiger partial charge >= 0.3 is 0 Å². The summed E-state index contributed by atoms with van der Waals surface area (Å²) in [6.07, 6.45) is 7.74. The fraction of sp³-hybridized carbons (Fsp3) is 0.400. The Morgan fingerprint density at radius 3 is 2.56 bits per heavy atom. The molecule has 2 rings (SSSR count). The first-order chi connectivity index (χ1) is 12.8. The van der Waals surface area contributed by atoms with Gasteiger partial charge in [-0.05, 0) is 23.8 Å². The summed E-state index contributed by atoms with van der Waals surface area (Å²) in [5, 5.41) is 22.3. The van der Waals surface area contributed by atoms with Crippen LogP contribution in [-0.4, -0.2) is 68.7 Å². The van der Waals surface area contributed by atoms with E-state index in [1.807, 2.05) is 18.2 Å². The zero-order valence-corrected chi connectivity index (χ0v) is 16.5. The molecule has 0 bridgehead atoms. The average Bonchev–Trinajstić information content (AvgIpc) is 2.65. The molecule has 146 valence electrons. The maximum Gasteiger partial charge on any atom is 0.207 e. The third-order valence-electron chi connectivity index (χ3n) is 4.51. The number of phenolic OH excluding ortho intramolecular Hbond substituents is 1. The van der Waals surface area contributed by atoms with Crippen molar-refractivity contribution in [3.63, 3.8) is 0 Å². The molecule has 1 aromatic carbocycles. The number of phenols is 1. The molecule has 0 amide bonds. The maximum atomic E-state index is 10.1. The summed E-state index contributed by atoms with van der Waals surface area (Å²) >= 11 is 0. The Morgan fingerprint density at radius 2 is 1.89 bits per heavy atom. The summed E-state index contributed by atoms with van der Waals surface area (Å²) in [4.78, 5) is 0. The molecule has 0 saturated heterocycles. The summed E-state index contributed by atoms with van der Waals surface area (Å²) < 4.78 is 11.4. The van der Waals surface area contributed by atoms with E-state index in [1.165, 1.54) is 0 Å². The molecule has 7 heteroatoms. The number of hydrogen-bond donors (Lipinski definition) is 3. The van der Waals surface area contributed by atoms with Crippen LogP contribution in [-0.2, 0) is 15.9 Å². The molecular weight excluding hydrogens is 344 g/mol. The Bertz CT molecular complexity index is 750. The van der Waals surface area contributed by atoms with Crippen LogP contribution < -0.4 is 5.43 Å². The van der Waals surface area contributed by atoms with Crippen LogP contribution in [0.15, 0.2) is 47.6 Å². The number of nitrogens with two attached hydrogens (primary N) is 1. The molecule has 0 heterocycles. The molecule has 0 atom stereocenters. The molecule has 0 saturated carbocycles. The Labute approximate surface area is 160 Å². The van der Waals surface area contributed by atoms with Crippen molar-refractivity contribution < 1.29 is 24.5 Å². The molecule has 7 nitrogen and oxygen atoms in total. The number of nitrogens with one attached hydrogen (secondary N) is 1. The third-order valence-corrected chi connectivity index (χ3v) is 4.51. The minimum atomic E-state index is -0.229. The first-order valence-electron chi connectivity index (χ1n) is 8.89. The summed E-state index contributed by atoms with van der Waals surface area (Å²) in [5.74, 6) is 0.178. The zero-order chi connectivity index (χ0) is 19.9. The lowest BCUT2D eigenvalue weighted by atomic mass is 10.1. The van der Waals surface area contributed by atoms with Gasteiger partial charge in [0.25, 0.3) is 0 Å². The first kappa shape index (κ1) is 21.0. The fourth-order valence-electron chi connectivity index (χ4n) is 2.76. The molecule has 27 heavy (non-hydrogen) atoms. The van der Waals surface area contributed by atoms with E-state index in [9.17, 15) is 5.11 Å². The number of nitrogens with zero attached hydrogens (tertiary/aromatic N) is 2. The number of ether oxygens (including phenoxy) is 2. The summed E-state index contributed by atoms with van der Waals surface area (Å²) in [5.41, 5.74) is 4.30. The summed E-state index contributed by atoms with van der Waals surface area (Å²) in [7, 11) is 7.57. The number of benzene rings is 1. The number of methoxy groups -OCH3 is 2. The monoisotopic (exact) mass is 374 g/mol. The second-order valence-electron chi connectivity index (χ2n) is 7.16. The van der Waals surface area contributed by atoms with Gasteiger partial charge in [-0.3, -0.25) is 5.41 Å². The fourth-order valence-corrected chi connectivity index (χ4v) is 2.76. The second kappa shape index (κ2) is 9.57. The van der Waals surface area contributed by atoms with E-state index in [2.05, 4.69) is 19.2 Å². The van der Waals surface area contributed by atoms with Gasteiger partial charge in [0.05, 0.1) is 26.4 Å². The normalized spacial score (nSPS) is 15.9. The molecule has 0 aromatic heterocycles. The number of aromatic hydroxyl groups is 1. The van der Waals surface area contributed by atoms with Gasteiger partial charge in [-0.25, -0.2) is 0 Å². The van der Waals surface area contributed by atoms with Crippen molar-refractivity contribution in [3.05, 3.63) is 48.1 Å². The maximum absolute atomic E-state index is 10.1. The summed E-state index contributed by atoms with van der Waals surface area (Å²) in [6.45, 7) is 1.65. The third kappa shape index (κ3) is 6.41. The van der Waals surface area contributed by atoms with Gasteiger partial charge in [0.15, 0.2) is 11.4 Å². The first-order valence-corrected chi connectivity index (χ1v) is 8.89. The van der Waals surface area contributed by atoms with E-state index < -0.39 is 0 Å². The molecule has 0 aliphatic heterocycles. The highest BCUT2D eigenvalue weighted by Crippen LogP contribution is 2.20. The van der Waals surface area contributed by atoms with Crippen molar-refractivity contribution in [3.8, 4) is 5.75 Å². The molecule has 1 aromatic rings. The van der Waals surface area contributed by atoms with Gasteiger partial charge in [0.1, 0.15) is 12.3 Å². The average molecular weight is 374 g/mol. The van der Waals surface area contributed by atoms with Gasteiger partial charge in [-0.2, -0.15) is 5.43 Å². The predicted octanol–water partition coefficient (Wildman–Crippen LogP) is 1.33. The Hall–Kier alpha value is -2.32. The zero-order valence-electron chi connectivity index (χ0n) is 16.5. The van der Waals surface area contributed by atoms with Crippen molar-refractivity contribution >= 4 is 17.1 Å². The lowest BCUT2D eigenvalue weighted by molar-refractivity contribution is -0.895. The van der Waals surface area contributed by atoms with Gasteiger partial charge in [0.2, 0.25) is 6.29 Å². The smallest absolute Gasteiger partial charge is 0.207 e. The largest absolute Gasteiger partial charge is 0.503 e. The quantitative estimate of drug-likeness (QED) is 0.116. The minimum absolute atomic E-state index is 0.178. The molecular formula is C20H30N4O3+2. The van der Waals surface area contributed by atoms with Crippen LogP contribution in [0.1, 0.15) is 5.56 Å². The van der Waals surface area contributed by atoms with E-state index in [0.29, 0.717) is 17.1 Å². The Balaban J connectivity index is 2.02. The van der Waals surface area contributed by atoms with Crippen molar-refractivity contribution in [1.82, 2.24) is 0 Å². The van der Waals surface area contributed by atoms with E-state index in [0.717, 1.165) is 29.6 Å². The van der Waals surface area contributed by atoms with Crippen LogP contribution in [0.5, 0.6) is 5.75 Å². The molecule has 0 spiro atoms. The van der Waals surface area contributed by atoms with Crippen molar-refractivity contribution in [2.24, 2.45) is 5.10 Å². The topological polar surface area (TPSA) is 91.5 Å². The highest BCUT2D eigenvalue weighted by molar-refractivity contribution is 6.49. The number of quaternary nitrogens is 2. The number of likely N-dealkylation sites (N-methyl/N-ethyl adjacent to an activating group) is 1. The van der Waals surface area contributed by atoms with E-state index >= 15 is 0 Å². The lowest BCUT2D eigenvalue weighted by Gasteiger charge is -2.32. The van der Waals surface area contributed by atoms with Gasteiger partial charge in [-0.1, -0.05) is 23.3 Å². The van der Waals surface area contributed by atoms with Crippen LogP contribution in [0.2, 0.25) is 0 Å². The summed E-state index contributed by atoms with van der Waals surface area (Å²) in [6, 6.07) is 5.56. The lowest BCUT2D eigenvalue weighted by Crippen LogP contribution is -2.72. The van der Waals surface area contributed by atoms with Gasteiger partial charge < -0.3 is 19.1 Å². The van der Waals surface area contributed by atoms with Gasteiger partial charge in [0, 0.05) is 26.7 Å². The van der Waals surface area contributed by atoms with Crippen LogP contribution in [0.4, 0.5) is 5.69 Å².